The molecule has 1 N–H and O–H groups in total. The van der Waals surface area contributed by atoms with Crippen LogP contribution in [0.5, 0.6) is 0 Å². The number of benzene rings is 2. The van der Waals surface area contributed by atoms with Gasteiger partial charge in [-0.3, -0.25) is 14.2 Å². The van der Waals surface area contributed by atoms with E-state index in [9.17, 15) is 14.0 Å². The fourth-order valence-corrected chi connectivity index (χ4v) is 2.92. The first kappa shape index (κ1) is 18.5. The van der Waals surface area contributed by atoms with Crippen LogP contribution in [0.15, 0.2) is 64.2 Å². The number of nitrogens with zero attached hydrogens (tertiary/aromatic N) is 3. The maximum atomic E-state index is 13.6. The third-order valence-corrected chi connectivity index (χ3v) is 4.53. The summed E-state index contributed by atoms with van der Waals surface area (Å²) in [6.07, 6.45) is 1.38. The lowest BCUT2D eigenvalue weighted by Crippen LogP contribution is -2.23. The molecule has 0 unspecified atom stereocenters. The van der Waals surface area contributed by atoms with Gasteiger partial charge in [-0.25, -0.2) is 9.37 Å². The number of carbonyl (C=O) groups is 1. The Kier molecular flexibility index (Phi) is 4.90. The topological polar surface area (TPSA) is 90.0 Å². The molecule has 1 amide bonds. The van der Waals surface area contributed by atoms with Crippen LogP contribution >= 0.6 is 0 Å². The highest BCUT2D eigenvalue weighted by molar-refractivity contribution is 5.90. The smallest absolute Gasteiger partial charge is 0.299 e. The Morgan fingerprint density at radius 3 is 2.76 bits per heavy atom. The van der Waals surface area contributed by atoms with Crippen molar-refractivity contribution >= 4 is 22.7 Å². The molecule has 0 atom stereocenters. The van der Waals surface area contributed by atoms with Crippen LogP contribution in [0.25, 0.3) is 22.4 Å². The molecule has 2 aromatic carbocycles. The number of amides is 1. The van der Waals surface area contributed by atoms with Gasteiger partial charge in [0.05, 0.1) is 6.33 Å². The van der Waals surface area contributed by atoms with E-state index in [1.165, 1.54) is 17.0 Å². The van der Waals surface area contributed by atoms with Crippen molar-refractivity contribution in [3.8, 4) is 11.3 Å². The van der Waals surface area contributed by atoms with Crippen LogP contribution in [-0.2, 0) is 11.3 Å². The maximum Gasteiger partial charge on any atom is 0.299 e. The molecule has 0 fully saturated rings. The van der Waals surface area contributed by atoms with Gasteiger partial charge in [-0.15, -0.1) is 0 Å². The highest BCUT2D eigenvalue weighted by atomic mass is 19.1. The molecule has 0 saturated carbocycles. The molecular weight excluding hydrogens is 375 g/mol. The SMILES string of the molecule is Cc1ccc(NC(=O)CCn2cnc3c(-c4ccccc4)noc3c2=O)cc1F. The number of aryl methyl sites for hydroxylation is 2. The fraction of sp³-hybridized carbons (Fsp3) is 0.143. The number of nitrogens with one attached hydrogen (secondary N) is 1. The van der Waals surface area contributed by atoms with E-state index in [0.717, 1.165) is 5.56 Å². The average Bonchev–Trinajstić information content (AvgIpc) is 3.16. The van der Waals surface area contributed by atoms with Gasteiger partial charge in [0.15, 0.2) is 0 Å². The zero-order chi connectivity index (χ0) is 20.4. The molecule has 4 aromatic rings. The minimum atomic E-state index is -0.418. The van der Waals surface area contributed by atoms with Gasteiger partial charge in [-0.1, -0.05) is 41.6 Å². The minimum absolute atomic E-state index is 0.0161. The van der Waals surface area contributed by atoms with Crippen LogP contribution in [0.3, 0.4) is 0 Å². The number of halogens is 1. The van der Waals surface area contributed by atoms with Gasteiger partial charge in [-0.2, -0.15) is 0 Å². The first-order chi connectivity index (χ1) is 14.0. The Morgan fingerprint density at radius 2 is 2.00 bits per heavy atom. The van der Waals surface area contributed by atoms with Crippen molar-refractivity contribution in [2.75, 3.05) is 5.32 Å². The summed E-state index contributed by atoms with van der Waals surface area (Å²) >= 11 is 0. The summed E-state index contributed by atoms with van der Waals surface area (Å²) in [7, 11) is 0. The van der Waals surface area contributed by atoms with E-state index in [1.54, 1.807) is 19.1 Å². The lowest BCUT2D eigenvalue weighted by molar-refractivity contribution is -0.116. The Labute approximate surface area is 164 Å². The summed E-state index contributed by atoms with van der Waals surface area (Å²) in [6.45, 7) is 1.74. The van der Waals surface area contributed by atoms with Crippen molar-refractivity contribution in [2.24, 2.45) is 0 Å². The number of carbonyl (C=O) groups excluding carboxylic acids is 1. The molecule has 29 heavy (non-hydrogen) atoms. The molecule has 0 aliphatic heterocycles. The number of hydrogen-bond donors (Lipinski definition) is 1. The van der Waals surface area contributed by atoms with Gasteiger partial charge in [-0.05, 0) is 24.6 Å². The predicted molar refractivity (Wildman–Crippen MR) is 106 cm³/mol. The lowest BCUT2D eigenvalue weighted by atomic mass is 10.1. The van der Waals surface area contributed by atoms with Crippen LogP contribution in [0.1, 0.15) is 12.0 Å². The molecule has 0 aliphatic rings. The Hall–Kier alpha value is -3.81. The molecule has 0 bridgehead atoms. The standard InChI is InChI=1S/C21H17FN4O3/c1-13-7-8-15(11-16(13)22)24-17(27)9-10-26-12-23-19-18(14-5-3-2-4-6-14)25-29-20(19)21(26)28/h2-8,11-12H,9-10H2,1H3,(H,24,27). The van der Waals surface area contributed by atoms with E-state index < -0.39 is 11.4 Å². The van der Waals surface area contributed by atoms with E-state index in [2.05, 4.69) is 15.5 Å². The number of rotatable bonds is 5. The molecule has 146 valence electrons. The van der Waals surface area contributed by atoms with Crippen LogP contribution in [0.4, 0.5) is 10.1 Å². The summed E-state index contributed by atoms with van der Waals surface area (Å²) in [6, 6.07) is 13.8. The van der Waals surface area contributed by atoms with Gasteiger partial charge in [0.2, 0.25) is 5.91 Å². The second-order valence-corrected chi connectivity index (χ2v) is 6.58. The van der Waals surface area contributed by atoms with Gasteiger partial charge in [0, 0.05) is 24.2 Å². The summed E-state index contributed by atoms with van der Waals surface area (Å²) in [5, 5.41) is 6.58. The number of aromatic nitrogens is 3. The molecule has 2 aromatic heterocycles. The van der Waals surface area contributed by atoms with Gasteiger partial charge in [0.1, 0.15) is 17.0 Å². The van der Waals surface area contributed by atoms with E-state index in [-0.39, 0.29) is 24.5 Å². The molecular formula is C21H17FN4O3. The second kappa shape index (κ2) is 7.67. The third-order valence-electron chi connectivity index (χ3n) is 4.53. The van der Waals surface area contributed by atoms with E-state index >= 15 is 0 Å². The Bertz CT molecular complexity index is 1250. The van der Waals surface area contributed by atoms with Crippen LogP contribution in [0, 0.1) is 12.7 Å². The third kappa shape index (κ3) is 3.77. The molecule has 2 heterocycles. The van der Waals surface area contributed by atoms with Gasteiger partial charge >= 0.3 is 0 Å². The van der Waals surface area contributed by atoms with Crippen molar-refractivity contribution in [2.45, 2.75) is 19.9 Å². The molecule has 0 aliphatic carbocycles. The highest BCUT2D eigenvalue weighted by Gasteiger charge is 2.16. The normalized spacial score (nSPS) is 11.0. The molecule has 0 spiro atoms. The zero-order valence-corrected chi connectivity index (χ0v) is 15.6. The number of anilines is 1. The summed E-state index contributed by atoms with van der Waals surface area (Å²) < 4.78 is 20.1. The largest absolute Gasteiger partial charge is 0.348 e. The van der Waals surface area contributed by atoms with E-state index in [4.69, 9.17) is 4.52 Å². The van der Waals surface area contributed by atoms with Crippen molar-refractivity contribution in [1.29, 1.82) is 0 Å². The monoisotopic (exact) mass is 392 g/mol. The van der Waals surface area contributed by atoms with E-state index in [0.29, 0.717) is 22.5 Å². The molecule has 8 heteroatoms. The van der Waals surface area contributed by atoms with Crippen LogP contribution in [-0.4, -0.2) is 20.6 Å². The summed E-state index contributed by atoms with van der Waals surface area (Å²) in [5.74, 6) is -0.740. The van der Waals surface area contributed by atoms with Gasteiger partial charge in [0.25, 0.3) is 11.1 Å². The number of hydrogen-bond acceptors (Lipinski definition) is 5. The zero-order valence-electron chi connectivity index (χ0n) is 15.6. The van der Waals surface area contributed by atoms with Crippen LogP contribution < -0.4 is 10.9 Å². The predicted octanol–water partition coefficient (Wildman–Crippen LogP) is 3.53. The Morgan fingerprint density at radius 1 is 1.21 bits per heavy atom. The number of fused-ring (bicyclic) bond motifs is 1. The van der Waals surface area contributed by atoms with Crippen molar-refractivity contribution in [1.82, 2.24) is 14.7 Å². The van der Waals surface area contributed by atoms with Crippen molar-refractivity contribution in [3.63, 3.8) is 0 Å². The first-order valence-corrected chi connectivity index (χ1v) is 8.99. The van der Waals surface area contributed by atoms with Gasteiger partial charge < -0.3 is 9.84 Å². The average molecular weight is 392 g/mol. The highest BCUT2D eigenvalue weighted by Crippen LogP contribution is 2.24. The fourth-order valence-electron chi connectivity index (χ4n) is 2.92. The minimum Gasteiger partial charge on any atom is -0.348 e. The lowest BCUT2D eigenvalue weighted by Gasteiger charge is -2.07. The van der Waals surface area contributed by atoms with Crippen molar-refractivity contribution in [3.05, 3.63) is 76.6 Å². The van der Waals surface area contributed by atoms with Crippen LogP contribution in [0.2, 0.25) is 0 Å². The Balaban J connectivity index is 1.50. The summed E-state index contributed by atoms with van der Waals surface area (Å²) in [5.41, 5.74) is 2.13. The molecule has 0 saturated heterocycles. The quantitative estimate of drug-likeness (QED) is 0.561. The first-order valence-electron chi connectivity index (χ1n) is 8.99. The molecule has 4 rings (SSSR count). The maximum absolute atomic E-state index is 13.6. The molecule has 0 radical (unpaired) electrons. The summed E-state index contributed by atoms with van der Waals surface area (Å²) in [4.78, 5) is 29.1. The molecule has 7 nitrogen and oxygen atoms in total. The van der Waals surface area contributed by atoms with Crippen molar-refractivity contribution < 1.29 is 13.7 Å². The van der Waals surface area contributed by atoms with E-state index in [1.807, 2.05) is 30.3 Å². The second-order valence-electron chi connectivity index (χ2n) is 6.58.